The molecule has 0 atom stereocenters. The number of carbonyl (C=O) groups excluding carboxylic acids is 2. The topological polar surface area (TPSA) is 52.6 Å². The van der Waals surface area contributed by atoms with Gasteiger partial charge in [-0.15, -0.1) is 0 Å². The van der Waals surface area contributed by atoms with Gasteiger partial charge in [0.1, 0.15) is 11.5 Å². The monoisotopic (exact) mass is 538 g/mol. The Hall–Kier alpha value is -1.66. The SMILES string of the molecule is CC(=O)Oc1c(Br)cc(-c2cc(Br)c(OC(C)=O)c(C(C)(C)C)c2)cc1C(C)(C)C. The van der Waals surface area contributed by atoms with Crippen molar-refractivity contribution in [2.75, 3.05) is 0 Å². The van der Waals surface area contributed by atoms with E-state index in [1.165, 1.54) is 13.8 Å². The highest BCUT2D eigenvalue weighted by Crippen LogP contribution is 2.44. The summed E-state index contributed by atoms with van der Waals surface area (Å²) in [6.07, 6.45) is 0. The largest absolute Gasteiger partial charge is 0.425 e. The molecule has 4 nitrogen and oxygen atoms in total. The van der Waals surface area contributed by atoms with E-state index in [-0.39, 0.29) is 22.8 Å². The summed E-state index contributed by atoms with van der Waals surface area (Å²) >= 11 is 7.16. The smallest absolute Gasteiger partial charge is 0.308 e. The normalized spacial score (nSPS) is 11.9. The molecule has 0 unspecified atom stereocenters. The van der Waals surface area contributed by atoms with Crippen LogP contribution < -0.4 is 9.47 Å². The van der Waals surface area contributed by atoms with Crippen LogP contribution in [0.15, 0.2) is 33.2 Å². The van der Waals surface area contributed by atoms with Crippen molar-refractivity contribution in [3.8, 4) is 22.6 Å². The van der Waals surface area contributed by atoms with E-state index in [4.69, 9.17) is 9.47 Å². The van der Waals surface area contributed by atoms with Gasteiger partial charge in [-0.3, -0.25) is 9.59 Å². The van der Waals surface area contributed by atoms with E-state index < -0.39 is 0 Å². The fourth-order valence-corrected chi connectivity index (χ4v) is 4.21. The molecule has 0 radical (unpaired) electrons. The van der Waals surface area contributed by atoms with E-state index in [2.05, 4.69) is 73.4 Å². The molecule has 0 aromatic heterocycles. The average Bonchev–Trinajstić information content (AvgIpc) is 2.55. The van der Waals surface area contributed by atoms with E-state index in [9.17, 15) is 9.59 Å². The molecule has 2 aromatic rings. The van der Waals surface area contributed by atoms with Crippen molar-refractivity contribution >= 4 is 43.8 Å². The number of hydrogen-bond donors (Lipinski definition) is 0. The van der Waals surface area contributed by atoms with E-state index >= 15 is 0 Å². The number of rotatable bonds is 3. The van der Waals surface area contributed by atoms with E-state index in [1.807, 2.05) is 24.3 Å². The molecule has 0 saturated carbocycles. The van der Waals surface area contributed by atoms with Crippen molar-refractivity contribution < 1.29 is 19.1 Å². The predicted octanol–water partition coefficient (Wildman–Crippen LogP) is 7.32. The maximum atomic E-state index is 11.6. The van der Waals surface area contributed by atoms with Gasteiger partial charge in [0.2, 0.25) is 0 Å². The van der Waals surface area contributed by atoms with E-state index in [0.29, 0.717) is 20.4 Å². The van der Waals surface area contributed by atoms with Gasteiger partial charge in [-0.1, -0.05) is 41.5 Å². The first-order valence-electron chi connectivity index (χ1n) is 9.66. The first-order chi connectivity index (χ1) is 13.6. The maximum absolute atomic E-state index is 11.6. The van der Waals surface area contributed by atoms with Crippen LogP contribution in [-0.4, -0.2) is 11.9 Å². The fraction of sp³-hybridized carbons (Fsp3) is 0.417. The van der Waals surface area contributed by atoms with Crippen molar-refractivity contribution in [2.24, 2.45) is 0 Å². The van der Waals surface area contributed by atoms with E-state index in [1.54, 1.807) is 0 Å². The second-order valence-electron chi connectivity index (χ2n) is 9.36. The van der Waals surface area contributed by atoms with Crippen molar-refractivity contribution in [1.82, 2.24) is 0 Å². The number of carbonyl (C=O) groups is 2. The van der Waals surface area contributed by atoms with Crippen LogP contribution in [0.4, 0.5) is 0 Å². The second-order valence-corrected chi connectivity index (χ2v) is 11.1. The van der Waals surface area contributed by atoms with Gasteiger partial charge in [0.15, 0.2) is 0 Å². The minimum Gasteiger partial charge on any atom is -0.425 e. The lowest BCUT2D eigenvalue weighted by atomic mass is 9.82. The van der Waals surface area contributed by atoms with Crippen molar-refractivity contribution in [2.45, 2.75) is 66.2 Å². The van der Waals surface area contributed by atoms with Gasteiger partial charge in [-0.2, -0.15) is 0 Å². The van der Waals surface area contributed by atoms with Gasteiger partial charge >= 0.3 is 11.9 Å². The second kappa shape index (κ2) is 8.83. The lowest BCUT2D eigenvalue weighted by Crippen LogP contribution is -2.16. The summed E-state index contributed by atoms with van der Waals surface area (Å²) in [5, 5.41) is 0. The van der Waals surface area contributed by atoms with Crippen molar-refractivity contribution in [3.05, 3.63) is 44.3 Å². The zero-order chi connectivity index (χ0) is 23.0. The molecule has 162 valence electrons. The minimum atomic E-state index is -0.363. The summed E-state index contributed by atoms with van der Waals surface area (Å²) < 4.78 is 12.4. The molecule has 0 fully saturated rings. The molecule has 30 heavy (non-hydrogen) atoms. The van der Waals surface area contributed by atoms with Gasteiger partial charge in [-0.25, -0.2) is 0 Å². The van der Waals surface area contributed by atoms with Gasteiger partial charge in [-0.05, 0) is 78.1 Å². The van der Waals surface area contributed by atoms with Crippen LogP contribution in [0, 0.1) is 0 Å². The molecular weight excluding hydrogens is 512 g/mol. The summed E-state index contributed by atoms with van der Waals surface area (Å²) in [6.45, 7) is 15.2. The zero-order valence-electron chi connectivity index (χ0n) is 18.7. The fourth-order valence-electron chi connectivity index (χ4n) is 3.13. The molecule has 0 aliphatic heterocycles. The van der Waals surface area contributed by atoms with Gasteiger partial charge in [0.25, 0.3) is 0 Å². The Labute approximate surface area is 195 Å². The molecule has 2 aromatic carbocycles. The Morgan fingerprint density at radius 1 is 0.667 bits per heavy atom. The van der Waals surface area contributed by atoms with E-state index in [0.717, 1.165) is 22.3 Å². The molecule has 2 rings (SSSR count). The summed E-state index contributed by atoms with van der Waals surface area (Å²) in [7, 11) is 0. The lowest BCUT2D eigenvalue weighted by Gasteiger charge is -2.26. The predicted molar refractivity (Wildman–Crippen MR) is 127 cm³/mol. The number of benzene rings is 2. The number of hydrogen-bond acceptors (Lipinski definition) is 4. The standard InChI is InChI=1S/C24H28Br2O4/c1-13(27)29-21-17(23(3,4)5)9-15(11-19(21)25)16-10-18(24(6,7)8)22(20(26)12-16)30-14(2)28/h9-12H,1-8H3. The van der Waals surface area contributed by atoms with Crippen molar-refractivity contribution in [1.29, 1.82) is 0 Å². The average molecular weight is 540 g/mol. The number of ether oxygens (including phenoxy) is 2. The quantitative estimate of drug-likeness (QED) is 0.303. The van der Waals surface area contributed by atoms with Gasteiger partial charge < -0.3 is 9.47 Å². The maximum Gasteiger partial charge on any atom is 0.308 e. The summed E-state index contributed by atoms with van der Waals surface area (Å²) in [5.41, 5.74) is 3.27. The first kappa shape index (κ1) is 24.6. The molecular formula is C24H28Br2O4. The molecule has 0 amide bonds. The molecule has 0 bridgehead atoms. The van der Waals surface area contributed by atoms with Gasteiger partial charge in [0.05, 0.1) is 8.95 Å². The molecule has 6 heteroatoms. The number of esters is 2. The third-order valence-electron chi connectivity index (χ3n) is 4.53. The van der Waals surface area contributed by atoms with Gasteiger partial charge in [0, 0.05) is 25.0 Å². The summed E-state index contributed by atoms with van der Waals surface area (Å²) in [4.78, 5) is 23.3. The van der Waals surface area contributed by atoms with Crippen molar-refractivity contribution in [3.63, 3.8) is 0 Å². The van der Waals surface area contributed by atoms with Crippen LogP contribution in [-0.2, 0) is 20.4 Å². The van der Waals surface area contributed by atoms with Crippen LogP contribution in [0.5, 0.6) is 11.5 Å². The highest BCUT2D eigenvalue weighted by atomic mass is 79.9. The molecule has 0 N–H and O–H groups in total. The Morgan fingerprint density at radius 2 is 0.967 bits per heavy atom. The van der Waals surface area contributed by atoms with Crippen LogP contribution in [0.25, 0.3) is 11.1 Å². The summed E-state index contributed by atoms with van der Waals surface area (Å²) in [6, 6.07) is 7.96. The van der Waals surface area contributed by atoms with Crippen LogP contribution in [0.1, 0.15) is 66.5 Å². The van der Waals surface area contributed by atoms with Crippen LogP contribution in [0.2, 0.25) is 0 Å². The molecule has 0 spiro atoms. The Morgan fingerprint density at radius 3 is 1.20 bits per heavy atom. The molecule has 0 saturated heterocycles. The third kappa shape index (κ3) is 5.73. The Kier molecular flexibility index (Phi) is 7.25. The molecule has 0 aliphatic carbocycles. The summed E-state index contributed by atoms with van der Waals surface area (Å²) in [5.74, 6) is 0.339. The Bertz CT molecular complexity index is 914. The minimum absolute atomic E-state index is 0.245. The molecule has 0 aliphatic rings. The lowest BCUT2D eigenvalue weighted by molar-refractivity contribution is -0.133. The third-order valence-corrected chi connectivity index (χ3v) is 5.71. The Balaban J connectivity index is 2.78. The zero-order valence-corrected chi connectivity index (χ0v) is 21.9. The highest BCUT2D eigenvalue weighted by Gasteiger charge is 2.26. The highest BCUT2D eigenvalue weighted by molar-refractivity contribution is 9.11. The molecule has 0 heterocycles. The van der Waals surface area contributed by atoms with Crippen LogP contribution >= 0.6 is 31.9 Å². The first-order valence-corrected chi connectivity index (χ1v) is 11.2. The number of halogens is 2. The van der Waals surface area contributed by atoms with Crippen LogP contribution in [0.3, 0.4) is 0 Å².